The van der Waals surface area contributed by atoms with Crippen molar-refractivity contribution in [1.82, 2.24) is 0 Å². The summed E-state index contributed by atoms with van der Waals surface area (Å²) in [6.07, 6.45) is 2.15. The van der Waals surface area contributed by atoms with Crippen LogP contribution in [-0.4, -0.2) is 19.6 Å². The number of anilines is 1. The van der Waals surface area contributed by atoms with Crippen molar-refractivity contribution in [3.63, 3.8) is 0 Å². The molecule has 0 heterocycles. The first kappa shape index (κ1) is 18.8. The lowest BCUT2D eigenvalue weighted by Gasteiger charge is -2.13. The molecule has 0 aliphatic rings. The van der Waals surface area contributed by atoms with Crippen molar-refractivity contribution >= 4 is 11.6 Å². The number of ether oxygens (including phenoxy) is 2. The fourth-order valence-electron chi connectivity index (χ4n) is 2.43. The average Bonchev–Trinajstić information content (AvgIpc) is 2.61. The lowest BCUT2D eigenvalue weighted by atomic mass is 10.1. The first-order valence-electron chi connectivity index (χ1n) is 8.74. The van der Waals surface area contributed by atoms with Gasteiger partial charge in [-0.1, -0.05) is 39.3 Å². The van der Waals surface area contributed by atoms with Gasteiger partial charge < -0.3 is 14.8 Å². The van der Waals surface area contributed by atoms with Crippen LogP contribution < -0.4 is 14.8 Å². The molecule has 0 bridgehead atoms. The Morgan fingerprint density at radius 1 is 1.08 bits per heavy atom. The average molecular weight is 341 g/mol. The van der Waals surface area contributed by atoms with E-state index in [1.165, 1.54) is 5.56 Å². The van der Waals surface area contributed by atoms with E-state index in [-0.39, 0.29) is 5.91 Å². The lowest BCUT2D eigenvalue weighted by Crippen LogP contribution is -2.12. The summed E-state index contributed by atoms with van der Waals surface area (Å²) >= 11 is 0. The van der Waals surface area contributed by atoms with E-state index in [1.807, 2.05) is 24.3 Å². The molecule has 1 amide bonds. The smallest absolute Gasteiger partial charge is 0.255 e. The van der Waals surface area contributed by atoms with Crippen LogP contribution in [0.2, 0.25) is 0 Å². The van der Waals surface area contributed by atoms with Crippen LogP contribution in [0.15, 0.2) is 42.5 Å². The van der Waals surface area contributed by atoms with E-state index in [0.29, 0.717) is 29.6 Å². The molecule has 0 aliphatic heterocycles. The molecule has 0 unspecified atom stereocenters. The Kier molecular flexibility index (Phi) is 6.87. The molecule has 4 nitrogen and oxygen atoms in total. The summed E-state index contributed by atoms with van der Waals surface area (Å²) in [7, 11) is 1.58. The van der Waals surface area contributed by atoms with E-state index in [0.717, 1.165) is 18.5 Å². The molecule has 0 radical (unpaired) electrons. The molecule has 134 valence electrons. The molecule has 2 aromatic carbocycles. The summed E-state index contributed by atoms with van der Waals surface area (Å²) in [5.74, 6) is 1.46. The molecular weight excluding hydrogens is 314 g/mol. The Bertz CT molecular complexity index is 693. The molecule has 0 spiro atoms. The van der Waals surface area contributed by atoms with E-state index >= 15 is 0 Å². The molecular formula is C21H27NO3. The minimum atomic E-state index is -0.169. The SMILES string of the molecule is CCCc1ccc(NC(=O)c2ccc(OCC(C)C)c(OC)c2)cc1. The van der Waals surface area contributed by atoms with Gasteiger partial charge in [0.25, 0.3) is 5.91 Å². The van der Waals surface area contributed by atoms with Gasteiger partial charge in [0.05, 0.1) is 13.7 Å². The van der Waals surface area contributed by atoms with E-state index in [1.54, 1.807) is 25.3 Å². The third-order valence-corrected chi connectivity index (χ3v) is 3.75. The molecule has 0 aliphatic carbocycles. The van der Waals surface area contributed by atoms with Crippen molar-refractivity contribution in [3.8, 4) is 11.5 Å². The Labute approximate surface area is 150 Å². The summed E-state index contributed by atoms with van der Waals surface area (Å²) in [5, 5.41) is 2.91. The summed E-state index contributed by atoms with van der Waals surface area (Å²) in [4.78, 5) is 12.5. The Balaban J connectivity index is 2.08. The standard InChI is InChI=1S/C21H27NO3/c1-5-6-16-7-10-18(11-8-16)22-21(23)17-9-12-19(20(13-17)24-4)25-14-15(2)3/h7-13,15H,5-6,14H2,1-4H3,(H,22,23). The Morgan fingerprint density at radius 3 is 2.40 bits per heavy atom. The van der Waals surface area contributed by atoms with Crippen molar-refractivity contribution in [2.24, 2.45) is 5.92 Å². The summed E-state index contributed by atoms with van der Waals surface area (Å²) in [5.41, 5.74) is 2.59. The molecule has 0 atom stereocenters. The van der Waals surface area contributed by atoms with Gasteiger partial charge in [-0.05, 0) is 48.2 Å². The van der Waals surface area contributed by atoms with Crippen LogP contribution >= 0.6 is 0 Å². The molecule has 4 heteroatoms. The van der Waals surface area contributed by atoms with Crippen LogP contribution in [0.4, 0.5) is 5.69 Å². The zero-order valence-electron chi connectivity index (χ0n) is 15.5. The topological polar surface area (TPSA) is 47.6 Å². The number of benzene rings is 2. The van der Waals surface area contributed by atoms with Gasteiger partial charge in [-0.25, -0.2) is 0 Å². The number of rotatable bonds is 8. The van der Waals surface area contributed by atoms with Crippen LogP contribution in [0.5, 0.6) is 11.5 Å². The number of carbonyl (C=O) groups excluding carboxylic acids is 1. The van der Waals surface area contributed by atoms with E-state index < -0.39 is 0 Å². The maximum absolute atomic E-state index is 12.5. The second-order valence-electron chi connectivity index (χ2n) is 6.47. The zero-order valence-corrected chi connectivity index (χ0v) is 15.5. The predicted molar refractivity (Wildman–Crippen MR) is 102 cm³/mol. The number of aryl methyl sites for hydroxylation is 1. The van der Waals surface area contributed by atoms with Gasteiger partial charge in [-0.15, -0.1) is 0 Å². The van der Waals surface area contributed by atoms with Crippen LogP contribution in [0, 0.1) is 5.92 Å². The van der Waals surface area contributed by atoms with E-state index in [2.05, 4.69) is 26.1 Å². The third kappa shape index (κ3) is 5.52. The monoisotopic (exact) mass is 341 g/mol. The highest BCUT2D eigenvalue weighted by Gasteiger charge is 2.12. The fraction of sp³-hybridized carbons (Fsp3) is 0.381. The maximum atomic E-state index is 12.5. The van der Waals surface area contributed by atoms with Gasteiger partial charge in [-0.2, -0.15) is 0 Å². The second-order valence-corrected chi connectivity index (χ2v) is 6.47. The first-order chi connectivity index (χ1) is 12.0. The number of methoxy groups -OCH3 is 1. The molecule has 1 N–H and O–H groups in total. The van der Waals surface area contributed by atoms with Gasteiger partial charge in [-0.3, -0.25) is 4.79 Å². The molecule has 0 saturated carbocycles. The van der Waals surface area contributed by atoms with E-state index in [9.17, 15) is 4.79 Å². The molecule has 2 aromatic rings. The first-order valence-corrected chi connectivity index (χ1v) is 8.74. The van der Waals surface area contributed by atoms with Gasteiger partial charge in [0.15, 0.2) is 11.5 Å². The van der Waals surface area contributed by atoms with Crippen LogP contribution in [-0.2, 0) is 6.42 Å². The normalized spacial score (nSPS) is 10.6. The summed E-state index contributed by atoms with van der Waals surface area (Å²) < 4.78 is 11.1. The highest BCUT2D eigenvalue weighted by atomic mass is 16.5. The number of hydrogen-bond donors (Lipinski definition) is 1. The Morgan fingerprint density at radius 2 is 1.80 bits per heavy atom. The Hall–Kier alpha value is -2.49. The quantitative estimate of drug-likeness (QED) is 0.740. The van der Waals surface area contributed by atoms with Gasteiger partial charge in [0.2, 0.25) is 0 Å². The predicted octanol–water partition coefficient (Wildman–Crippen LogP) is 4.93. The molecule has 0 fully saturated rings. The maximum Gasteiger partial charge on any atom is 0.255 e. The molecule has 0 saturated heterocycles. The van der Waals surface area contributed by atoms with E-state index in [4.69, 9.17) is 9.47 Å². The number of amides is 1. The van der Waals surface area contributed by atoms with Gasteiger partial charge in [0.1, 0.15) is 0 Å². The minimum Gasteiger partial charge on any atom is -0.493 e. The van der Waals surface area contributed by atoms with Crippen LogP contribution in [0.25, 0.3) is 0 Å². The van der Waals surface area contributed by atoms with Crippen molar-refractivity contribution in [3.05, 3.63) is 53.6 Å². The van der Waals surface area contributed by atoms with Gasteiger partial charge >= 0.3 is 0 Å². The fourth-order valence-corrected chi connectivity index (χ4v) is 2.43. The van der Waals surface area contributed by atoms with Crippen molar-refractivity contribution in [2.75, 3.05) is 19.0 Å². The summed E-state index contributed by atoms with van der Waals surface area (Å²) in [6, 6.07) is 13.2. The summed E-state index contributed by atoms with van der Waals surface area (Å²) in [6.45, 7) is 6.92. The largest absolute Gasteiger partial charge is 0.493 e. The van der Waals surface area contributed by atoms with Crippen LogP contribution in [0.1, 0.15) is 43.1 Å². The third-order valence-electron chi connectivity index (χ3n) is 3.75. The zero-order chi connectivity index (χ0) is 18.2. The number of carbonyl (C=O) groups is 1. The van der Waals surface area contributed by atoms with Crippen molar-refractivity contribution in [1.29, 1.82) is 0 Å². The molecule has 2 rings (SSSR count). The highest BCUT2D eigenvalue weighted by molar-refractivity contribution is 6.04. The molecule has 25 heavy (non-hydrogen) atoms. The van der Waals surface area contributed by atoms with Gasteiger partial charge in [0, 0.05) is 11.3 Å². The second kappa shape index (κ2) is 9.11. The van der Waals surface area contributed by atoms with Crippen LogP contribution in [0.3, 0.4) is 0 Å². The highest BCUT2D eigenvalue weighted by Crippen LogP contribution is 2.29. The molecule has 0 aromatic heterocycles. The lowest BCUT2D eigenvalue weighted by molar-refractivity contribution is 0.102. The van der Waals surface area contributed by atoms with Crippen molar-refractivity contribution in [2.45, 2.75) is 33.6 Å². The van der Waals surface area contributed by atoms with Crippen molar-refractivity contribution < 1.29 is 14.3 Å². The minimum absolute atomic E-state index is 0.169. The number of nitrogens with one attached hydrogen (secondary N) is 1. The number of hydrogen-bond acceptors (Lipinski definition) is 3.